The summed E-state index contributed by atoms with van der Waals surface area (Å²) in [6.45, 7) is 6.57. The molecule has 0 aliphatic carbocycles. The van der Waals surface area contributed by atoms with Gasteiger partial charge in [-0.15, -0.1) is 11.3 Å². The summed E-state index contributed by atoms with van der Waals surface area (Å²) in [7, 11) is 1.38. The predicted molar refractivity (Wildman–Crippen MR) is 130 cm³/mol. The molecule has 0 aliphatic rings. The van der Waals surface area contributed by atoms with Crippen molar-refractivity contribution in [1.82, 2.24) is 9.55 Å². The highest BCUT2D eigenvalue weighted by molar-refractivity contribution is 7.17. The lowest BCUT2D eigenvalue weighted by Gasteiger charge is -2.13. The SMILES string of the molecule is COC(=O)CCCn1c(-c2ccc(C)cc2)nc2scc(-c3ccc(C)c(C)c3)c2c1=O. The van der Waals surface area contributed by atoms with Crippen LogP contribution in [0, 0.1) is 20.8 Å². The molecule has 0 unspecified atom stereocenters. The van der Waals surface area contributed by atoms with Crippen LogP contribution in [0.1, 0.15) is 29.5 Å². The highest BCUT2D eigenvalue weighted by atomic mass is 32.1. The first-order valence-corrected chi connectivity index (χ1v) is 11.5. The monoisotopic (exact) mass is 446 g/mol. The largest absolute Gasteiger partial charge is 0.469 e. The number of aromatic nitrogens is 2. The van der Waals surface area contributed by atoms with E-state index in [0.717, 1.165) is 27.1 Å². The molecule has 0 radical (unpaired) electrons. The van der Waals surface area contributed by atoms with Crippen LogP contribution in [-0.4, -0.2) is 22.6 Å². The number of methoxy groups -OCH3 is 1. The number of hydrogen-bond donors (Lipinski definition) is 0. The Hall–Kier alpha value is -3.25. The van der Waals surface area contributed by atoms with Gasteiger partial charge in [-0.1, -0.05) is 48.0 Å². The molecular weight excluding hydrogens is 420 g/mol. The zero-order valence-electron chi connectivity index (χ0n) is 18.8. The standard InChI is InChI=1S/C26H26N2O3S/c1-16-7-10-19(11-8-16)24-27-25-23(26(30)28(24)13-5-6-22(29)31-4)21(15-32-25)20-12-9-17(2)18(3)14-20/h7-12,14-15H,5-6,13H2,1-4H3. The molecule has 0 N–H and O–H groups in total. The smallest absolute Gasteiger partial charge is 0.305 e. The molecule has 0 aliphatic heterocycles. The van der Waals surface area contributed by atoms with E-state index in [2.05, 4.69) is 32.0 Å². The Bertz CT molecular complexity index is 1350. The third kappa shape index (κ3) is 4.23. The fourth-order valence-corrected chi connectivity index (χ4v) is 4.70. The highest BCUT2D eigenvalue weighted by Gasteiger charge is 2.18. The zero-order chi connectivity index (χ0) is 22.8. The normalized spacial score (nSPS) is 11.1. The Morgan fingerprint density at radius 1 is 1.03 bits per heavy atom. The fraction of sp³-hybridized carbons (Fsp3) is 0.269. The van der Waals surface area contributed by atoms with E-state index < -0.39 is 0 Å². The number of carbonyl (C=O) groups is 1. The minimum absolute atomic E-state index is 0.0788. The maximum Gasteiger partial charge on any atom is 0.305 e. The number of thiophene rings is 1. The van der Waals surface area contributed by atoms with Crippen LogP contribution in [0.15, 0.2) is 52.6 Å². The van der Waals surface area contributed by atoms with Gasteiger partial charge in [0.2, 0.25) is 0 Å². The summed E-state index contributed by atoms with van der Waals surface area (Å²) in [4.78, 5) is 31.0. The van der Waals surface area contributed by atoms with Gasteiger partial charge in [0.1, 0.15) is 10.7 Å². The molecule has 6 heteroatoms. The number of hydrogen-bond acceptors (Lipinski definition) is 5. The second kappa shape index (κ2) is 9.09. The van der Waals surface area contributed by atoms with Crippen LogP contribution in [0.4, 0.5) is 0 Å². The lowest BCUT2D eigenvalue weighted by atomic mass is 10.0. The number of nitrogens with zero attached hydrogens (tertiary/aromatic N) is 2. The molecule has 164 valence electrons. The molecule has 32 heavy (non-hydrogen) atoms. The third-order valence-corrected chi connectivity index (χ3v) is 6.68. The molecule has 2 heterocycles. The summed E-state index contributed by atoms with van der Waals surface area (Å²) in [6, 6.07) is 14.2. The Kier molecular flexibility index (Phi) is 6.24. The number of carbonyl (C=O) groups excluding carboxylic acids is 1. The summed E-state index contributed by atoms with van der Waals surface area (Å²) < 4.78 is 6.46. The van der Waals surface area contributed by atoms with Crippen LogP contribution in [-0.2, 0) is 16.1 Å². The molecule has 0 atom stereocenters. The van der Waals surface area contributed by atoms with Crippen LogP contribution < -0.4 is 5.56 Å². The molecule has 2 aromatic heterocycles. The first-order valence-electron chi connectivity index (χ1n) is 10.6. The van der Waals surface area contributed by atoms with Gasteiger partial charge < -0.3 is 4.74 Å². The van der Waals surface area contributed by atoms with Gasteiger partial charge in [0.25, 0.3) is 5.56 Å². The first kappa shape index (κ1) is 22.0. The van der Waals surface area contributed by atoms with Gasteiger partial charge in [-0.2, -0.15) is 0 Å². The van der Waals surface area contributed by atoms with Crippen LogP contribution >= 0.6 is 11.3 Å². The molecule has 0 saturated carbocycles. The van der Waals surface area contributed by atoms with E-state index in [1.54, 1.807) is 4.57 Å². The summed E-state index contributed by atoms with van der Waals surface area (Å²) in [5.41, 5.74) is 6.27. The van der Waals surface area contributed by atoms with Gasteiger partial charge in [-0.3, -0.25) is 14.2 Å². The van der Waals surface area contributed by atoms with E-state index in [4.69, 9.17) is 9.72 Å². The number of esters is 1. The van der Waals surface area contributed by atoms with Crippen molar-refractivity contribution in [1.29, 1.82) is 0 Å². The predicted octanol–water partition coefficient (Wildman–Crippen LogP) is 5.67. The van der Waals surface area contributed by atoms with E-state index in [-0.39, 0.29) is 17.9 Å². The number of ether oxygens (including phenoxy) is 1. The van der Waals surface area contributed by atoms with Crippen molar-refractivity contribution in [2.45, 2.75) is 40.2 Å². The van der Waals surface area contributed by atoms with Crippen LogP contribution in [0.3, 0.4) is 0 Å². The molecule has 2 aromatic carbocycles. The minimum Gasteiger partial charge on any atom is -0.469 e. The van der Waals surface area contributed by atoms with Gasteiger partial charge in [-0.25, -0.2) is 4.98 Å². The maximum absolute atomic E-state index is 13.8. The average Bonchev–Trinajstić information content (AvgIpc) is 3.21. The van der Waals surface area contributed by atoms with Crippen molar-refractivity contribution in [3.8, 4) is 22.5 Å². The van der Waals surface area contributed by atoms with Crippen molar-refractivity contribution in [3.63, 3.8) is 0 Å². The Labute approximate surface area is 191 Å². The van der Waals surface area contributed by atoms with Crippen molar-refractivity contribution < 1.29 is 9.53 Å². The van der Waals surface area contributed by atoms with Gasteiger partial charge >= 0.3 is 5.97 Å². The van der Waals surface area contributed by atoms with Crippen LogP contribution in [0.2, 0.25) is 0 Å². The first-order chi connectivity index (χ1) is 15.4. The number of benzene rings is 2. The molecule has 0 amide bonds. The molecule has 0 bridgehead atoms. The number of rotatable bonds is 6. The van der Waals surface area contributed by atoms with Gasteiger partial charge in [0.05, 0.1) is 12.5 Å². The molecule has 0 saturated heterocycles. The van der Waals surface area contributed by atoms with Crippen molar-refractivity contribution in [2.75, 3.05) is 7.11 Å². The number of fused-ring (bicyclic) bond motifs is 1. The van der Waals surface area contributed by atoms with Crippen LogP contribution in [0.5, 0.6) is 0 Å². The topological polar surface area (TPSA) is 61.2 Å². The van der Waals surface area contributed by atoms with E-state index in [1.807, 2.05) is 36.6 Å². The molecule has 0 fully saturated rings. The summed E-state index contributed by atoms with van der Waals surface area (Å²) in [5, 5.41) is 2.65. The average molecular weight is 447 g/mol. The van der Waals surface area contributed by atoms with Crippen molar-refractivity contribution in [2.24, 2.45) is 0 Å². The van der Waals surface area contributed by atoms with Gasteiger partial charge in [0.15, 0.2) is 0 Å². The molecule has 5 nitrogen and oxygen atoms in total. The van der Waals surface area contributed by atoms with Gasteiger partial charge in [0, 0.05) is 29.5 Å². The Balaban J connectivity index is 1.88. The summed E-state index contributed by atoms with van der Waals surface area (Å²) >= 11 is 1.49. The van der Waals surface area contributed by atoms with E-state index >= 15 is 0 Å². The maximum atomic E-state index is 13.8. The summed E-state index contributed by atoms with van der Waals surface area (Å²) in [5.74, 6) is 0.344. The molecule has 4 aromatic rings. The second-order valence-electron chi connectivity index (χ2n) is 8.07. The van der Waals surface area contributed by atoms with E-state index in [9.17, 15) is 9.59 Å². The third-order valence-electron chi connectivity index (χ3n) is 5.81. The quantitative estimate of drug-likeness (QED) is 0.358. The lowest BCUT2D eigenvalue weighted by Crippen LogP contribution is -2.24. The molecular formula is C26H26N2O3S. The second-order valence-corrected chi connectivity index (χ2v) is 8.92. The van der Waals surface area contributed by atoms with Gasteiger partial charge in [-0.05, 0) is 43.9 Å². The Morgan fingerprint density at radius 2 is 1.75 bits per heavy atom. The molecule has 0 spiro atoms. The van der Waals surface area contributed by atoms with Crippen LogP contribution in [0.25, 0.3) is 32.7 Å². The molecule has 4 rings (SSSR count). The van der Waals surface area contributed by atoms with Crippen molar-refractivity contribution >= 4 is 27.5 Å². The number of aryl methyl sites for hydroxylation is 3. The summed E-state index contributed by atoms with van der Waals surface area (Å²) in [6.07, 6.45) is 0.754. The lowest BCUT2D eigenvalue weighted by molar-refractivity contribution is -0.140. The Morgan fingerprint density at radius 3 is 2.44 bits per heavy atom. The van der Waals surface area contributed by atoms with Crippen molar-refractivity contribution in [3.05, 3.63) is 74.9 Å². The minimum atomic E-state index is -0.282. The zero-order valence-corrected chi connectivity index (χ0v) is 19.6. The fourth-order valence-electron chi connectivity index (χ4n) is 3.76. The van der Waals surface area contributed by atoms with E-state index in [0.29, 0.717) is 24.2 Å². The van der Waals surface area contributed by atoms with E-state index in [1.165, 1.54) is 29.6 Å². The highest BCUT2D eigenvalue weighted by Crippen LogP contribution is 2.33.